The minimum atomic E-state index is -4.68. The van der Waals surface area contributed by atoms with Gasteiger partial charge in [0.1, 0.15) is 36.4 Å². The molecule has 1 amide bonds. The minimum Gasteiger partial charge on any atom is -0.497 e. The second-order valence-electron chi connectivity index (χ2n) is 6.82. The summed E-state index contributed by atoms with van der Waals surface area (Å²) >= 11 is 0.151. The van der Waals surface area contributed by atoms with Crippen LogP contribution in [0, 0.1) is 11.3 Å². The van der Waals surface area contributed by atoms with Gasteiger partial charge in [-0.2, -0.15) is 18.4 Å². The minimum absolute atomic E-state index is 0.151. The number of methoxy groups -OCH3 is 2. The number of anilines is 1. The molecule has 3 rings (SSSR count). The number of rotatable bonds is 10. The van der Waals surface area contributed by atoms with E-state index in [1.165, 1.54) is 19.3 Å². The quantitative estimate of drug-likeness (QED) is 0.235. The molecule has 0 aliphatic carbocycles. The second kappa shape index (κ2) is 11.9. The Balaban J connectivity index is 1.62. The van der Waals surface area contributed by atoms with Crippen molar-refractivity contribution in [1.29, 1.82) is 5.26 Å². The van der Waals surface area contributed by atoms with E-state index in [0.717, 1.165) is 0 Å². The van der Waals surface area contributed by atoms with E-state index in [-0.39, 0.29) is 35.3 Å². The summed E-state index contributed by atoms with van der Waals surface area (Å²) < 4.78 is 59.8. The van der Waals surface area contributed by atoms with Crippen LogP contribution in [0.5, 0.6) is 23.0 Å². The summed E-state index contributed by atoms with van der Waals surface area (Å²) in [5, 5.41) is 16.1. The molecule has 0 fully saturated rings. The highest BCUT2D eigenvalue weighted by Gasteiger charge is 2.35. The van der Waals surface area contributed by atoms with E-state index < -0.39 is 17.1 Å². The molecule has 188 valence electrons. The number of carbonyl (C=O) groups is 1. The third kappa shape index (κ3) is 7.09. The summed E-state index contributed by atoms with van der Waals surface area (Å²) in [7, 11) is 2.99. The van der Waals surface area contributed by atoms with E-state index in [4.69, 9.17) is 18.9 Å². The third-order valence-electron chi connectivity index (χ3n) is 4.40. The fourth-order valence-corrected chi connectivity index (χ4v) is 3.37. The molecule has 0 atom stereocenters. The van der Waals surface area contributed by atoms with Gasteiger partial charge in [-0.3, -0.25) is 10.1 Å². The fraction of sp³-hybridized carbons (Fsp3) is 0.217. The van der Waals surface area contributed by atoms with Crippen LogP contribution in [0.2, 0.25) is 0 Å². The Kier molecular flexibility index (Phi) is 8.69. The SMILES string of the molecule is COc1cccc(OCCOc2ccc(/C=C(/C#N)C(=O)Nc3nnc(C(F)(F)F)s3)cc2OC)c1. The van der Waals surface area contributed by atoms with Gasteiger partial charge >= 0.3 is 6.18 Å². The smallest absolute Gasteiger partial charge is 0.445 e. The van der Waals surface area contributed by atoms with Crippen LogP contribution in [-0.2, 0) is 11.0 Å². The maximum absolute atomic E-state index is 12.7. The lowest BCUT2D eigenvalue weighted by molar-refractivity contribution is -0.138. The Morgan fingerprint density at radius 3 is 2.47 bits per heavy atom. The Bertz CT molecular complexity index is 1290. The number of alkyl halides is 3. The Morgan fingerprint density at radius 1 is 1.06 bits per heavy atom. The summed E-state index contributed by atoms with van der Waals surface area (Å²) in [5.74, 6) is 1.09. The average molecular weight is 520 g/mol. The van der Waals surface area contributed by atoms with E-state index in [1.54, 1.807) is 49.6 Å². The highest BCUT2D eigenvalue weighted by molar-refractivity contribution is 7.15. The molecule has 0 aliphatic heterocycles. The first-order valence-corrected chi connectivity index (χ1v) is 11.0. The number of carbonyl (C=O) groups excluding carboxylic acids is 1. The normalized spacial score (nSPS) is 11.4. The molecule has 13 heteroatoms. The van der Waals surface area contributed by atoms with Gasteiger partial charge in [0.25, 0.3) is 5.91 Å². The number of halogens is 3. The largest absolute Gasteiger partial charge is 0.497 e. The fourth-order valence-electron chi connectivity index (χ4n) is 2.76. The second-order valence-corrected chi connectivity index (χ2v) is 7.80. The van der Waals surface area contributed by atoms with Gasteiger partial charge in [-0.25, -0.2) is 0 Å². The van der Waals surface area contributed by atoms with Crippen LogP contribution in [0.3, 0.4) is 0 Å². The van der Waals surface area contributed by atoms with Gasteiger partial charge in [-0.05, 0) is 35.9 Å². The first kappa shape index (κ1) is 26.3. The number of nitrogens with zero attached hydrogens (tertiary/aromatic N) is 3. The number of nitrogens with one attached hydrogen (secondary N) is 1. The van der Waals surface area contributed by atoms with Crippen molar-refractivity contribution in [3.8, 4) is 29.1 Å². The van der Waals surface area contributed by atoms with Crippen LogP contribution < -0.4 is 24.3 Å². The van der Waals surface area contributed by atoms with Crippen LogP contribution >= 0.6 is 11.3 Å². The topological polar surface area (TPSA) is 116 Å². The summed E-state index contributed by atoms with van der Waals surface area (Å²) in [6, 6.07) is 13.5. The molecule has 0 saturated heterocycles. The van der Waals surface area contributed by atoms with Crippen LogP contribution in [0.15, 0.2) is 48.0 Å². The average Bonchev–Trinajstić information content (AvgIpc) is 3.34. The van der Waals surface area contributed by atoms with Crippen molar-refractivity contribution in [1.82, 2.24) is 10.2 Å². The number of amides is 1. The van der Waals surface area contributed by atoms with Gasteiger partial charge in [-0.1, -0.05) is 23.5 Å². The van der Waals surface area contributed by atoms with Crippen molar-refractivity contribution in [2.75, 3.05) is 32.8 Å². The maximum atomic E-state index is 12.7. The summed E-state index contributed by atoms with van der Waals surface area (Å²) in [5.41, 5.74) is 0.0629. The molecular formula is C23H19F3N4O5S. The molecule has 2 aromatic carbocycles. The molecule has 0 radical (unpaired) electrons. The van der Waals surface area contributed by atoms with Gasteiger partial charge in [0.15, 0.2) is 11.5 Å². The van der Waals surface area contributed by atoms with E-state index in [2.05, 4.69) is 15.5 Å². The van der Waals surface area contributed by atoms with Gasteiger partial charge in [-0.15, -0.1) is 10.2 Å². The molecule has 36 heavy (non-hydrogen) atoms. The lowest BCUT2D eigenvalue weighted by atomic mass is 10.1. The third-order valence-corrected chi connectivity index (χ3v) is 5.29. The molecular weight excluding hydrogens is 501 g/mol. The highest BCUT2D eigenvalue weighted by atomic mass is 32.1. The molecule has 0 aliphatic rings. The molecule has 1 heterocycles. The molecule has 0 unspecified atom stereocenters. The number of aromatic nitrogens is 2. The first-order chi connectivity index (χ1) is 17.2. The van der Waals surface area contributed by atoms with E-state index in [1.807, 2.05) is 0 Å². The zero-order valence-electron chi connectivity index (χ0n) is 19.0. The van der Waals surface area contributed by atoms with Crippen LogP contribution in [-0.4, -0.2) is 43.5 Å². The van der Waals surface area contributed by atoms with E-state index in [9.17, 15) is 23.2 Å². The van der Waals surface area contributed by atoms with E-state index >= 15 is 0 Å². The summed E-state index contributed by atoms with van der Waals surface area (Å²) in [6.45, 7) is 0.453. The van der Waals surface area contributed by atoms with Crippen LogP contribution in [0.4, 0.5) is 18.3 Å². The van der Waals surface area contributed by atoms with Crippen molar-refractivity contribution in [2.45, 2.75) is 6.18 Å². The zero-order chi connectivity index (χ0) is 26.1. The highest BCUT2D eigenvalue weighted by Crippen LogP contribution is 2.33. The molecule has 0 saturated carbocycles. The number of nitriles is 1. The predicted octanol–water partition coefficient (Wildman–Crippen LogP) is 4.58. The number of ether oxygens (including phenoxy) is 4. The molecule has 3 aromatic rings. The summed E-state index contributed by atoms with van der Waals surface area (Å²) in [6.07, 6.45) is -3.44. The van der Waals surface area contributed by atoms with Gasteiger partial charge in [0.2, 0.25) is 10.1 Å². The predicted molar refractivity (Wildman–Crippen MR) is 124 cm³/mol. The summed E-state index contributed by atoms with van der Waals surface area (Å²) in [4.78, 5) is 12.3. The van der Waals surface area contributed by atoms with Gasteiger partial charge < -0.3 is 18.9 Å². The lowest BCUT2D eigenvalue weighted by Gasteiger charge is -2.12. The zero-order valence-corrected chi connectivity index (χ0v) is 19.8. The monoisotopic (exact) mass is 520 g/mol. The lowest BCUT2D eigenvalue weighted by Crippen LogP contribution is -2.13. The van der Waals surface area contributed by atoms with Gasteiger partial charge in [0, 0.05) is 6.07 Å². The van der Waals surface area contributed by atoms with Crippen molar-refractivity contribution >= 4 is 28.5 Å². The molecule has 0 spiro atoms. The first-order valence-electron chi connectivity index (χ1n) is 10.1. The van der Waals surface area contributed by atoms with Crippen molar-refractivity contribution in [3.05, 3.63) is 58.6 Å². The van der Waals surface area contributed by atoms with E-state index in [0.29, 0.717) is 28.6 Å². The maximum Gasteiger partial charge on any atom is 0.445 e. The van der Waals surface area contributed by atoms with Crippen molar-refractivity contribution in [2.24, 2.45) is 0 Å². The molecule has 0 bridgehead atoms. The number of hydrogen-bond donors (Lipinski definition) is 1. The molecule has 1 aromatic heterocycles. The molecule has 1 N–H and O–H groups in total. The standard InChI is InChI=1S/C23H19F3N4O5S/c1-32-16-4-3-5-17(12-16)34-8-9-35-18-7-6-14(11-19(18)33-2)10-15(13-27)20(31)28-22-30-29-21(36-22)23(24,25)26/h3-7,10-12H,8-9H2,1-2H3,(H,28,30,31)/b15-10-. The van der Waals surface area contributed by atoms with Crippen molar-refractivity contribution in [3.63, 3.8) is 0 Å². The van der Waals surface area contributed by atoms with Crippen LogP contribution in [0.1, 0.15) is 10.6 Å². The Labute approximate surface area is 207 Å². The van der Waals surface area contributed by atoms with Gasteiger partial charge in [0.05, 0.1) is 14.2 Å². The van der Waals surface area contributed by atoms with Crippen LogP contribution in [0.25, 0.3) is 6.08 Å². The Morgan fingerprint density at radius 2 is 1.81 bits per heavy atom. The Hall–Kier alpha value is -4.31. The number of hydrogen-bond acceptors (Lipinski definition) is 9. The van der Waals surface area contributed by atoms with Crippen molar-refractivity contribution < 1.29 is 36.9 Å². The number of benzene rings is 2. The molecule has 9 nitrogen and oxygen atoms in total.